The van der Waals surface area contributed by atoms with Crippen LogP contribution in [0.15, 0.2) is 52.9 Å². The van der Waals surface area contributed by atoms with Crippen LogP contribution in [-0.2, 0) is 13.2 Å². The molecule has 0 saturated heterocycles. The molecule has 0 fully saturated rings. The number of para-hydroxylation sites is 1. The molecule has 138 valence electrons. The molecule has 4 aromatic rings. The average Bonchev–Trinajstić information content (AvgIpc) is 3.24. The van der Waals surface area contributed by atoms with E-state index in [1.54, 1.807) is 23.1 Å². The molecule has 1 N–H and O–H groups in total. The molecule has 0 aliphatic rings. The number of ether oxygens (including phenoxy) is 1. The number of methoxy groups -OCH3 is 1. The lowest BCUT2D eigenvalue weighted by Gasteiger charge is -2.11. The van der Waals surface area contributed by atoms with Crippen molar-refractivity contribution in [1.29, 1.82) is 0 Å². The number of hydrogen-bond donors (Lipinski definition) is 1. The highest BCUT2D eigenvalue weighted by Crippen LogP contribution is 2.22. The van der Waals surface area contributed by atoms with Gasteiger partial charge < -0.3 is 14.1 Å². The van der Waals surface area contributed by atoms with Crippen LogP contribution in [0.4, 0.5) is 0 Å². The average molecular weight is 400 g/mol. The summed E-state index contributed by atoms with van der Waals surface area (Å²) >= 11 is 7.06. The fourth-order valence-corrected chi connectivity index (χ4v) is 4.09. The summed E-state index contributed by atoms with van der Waals surface area (Å²) in [4.78, 5) is 6.28. The van der Waals surface area contributed by atoms with Gasteiger partial charge in [-0.2, -0.15) is 4.68 Å². The van der Waals surface area contributed by atoms with E-state index < -0.39 is 0 Å². The van der Waals surface area contributed by atoms with Crippen LogP contribution in [0, 0.1) is 4.84 Å². The molecule has 1 atom stereocenters. The zero-order valence-electron chi connectivity index (χ0n) is 15.0. The first-order valence-electron chi connectivity index (χ1n) is 8.50. The topological polar surface area (TPSA) is 57.5 Å². The van der Waals surface area contributed by atoms with Crippen LogP contribution in [0.2, 0.25) is 0 Å². The number of nitrogens with one attached hydrogen (secondary N) is 1. The maximum Gasteiger partial charge on any atom is 0.292 e. The molecule has 0 amide bonds. The van der Waals surface area contributed by atoms with Crippen LogP contribution in [0.25, 0.3) is 21.7 Å². The van der Waals surface area contributed by atoms with E-state index in [0.29, 0.717) is 17.4 Å². The maximum absolute atomic E-state index is 5.67. The quantitative estimate of drug-likeness (QED) is 0.505. The monoisotopic (exact) mass is 399 g/mol. The number of fused-ring (bicyclic) bond motifs is 1. The van der Waals surface area contributed by atoms with Crippen LogP contribution >= 0.6 is 23.6 Å². The summed E-state index contributed by atoms with van der Waals surface area (Å²) in [5, 5.41) is 5.62. The second-order valence-corrected chi connectivity index (χ2v) is 7.73. The number of benzene rings is 2. The zero-order chi connectivity index (χ0) is 18.8. The minimum absolute atomic E-state index is 0.365. The Morgan fingerprint density at radius 1 is 1.19 bits per heavy atom. The summed E-state index contributed by atoms with van der Waals surface area (Å²) in [5.41, 5.74) is 1.91. The second kappa shape index (κ2) is 7.59. The Labute approximate surface area is 165 Å². The molecule has 6 nitrogen and oxygen atoms in total. The van der Waals surface area contributed by atoms with Crippen molar-refractivity contribution in [3.05, 3.63) is 58.4 Å². The highest BCUT2D eigenvalue weighted by molar-refractivity contribution is 7.71. The Balaban J connectivity index is 1.48. The van der Waals surface area contributed by atoms with Gasteiger partial charge in [0.15, 0.2) is 6.67 Å². The molecule has 4 rings (SSSR count). The fourth-order valence-electron chi connectivity index (χ4n) is 2.82. The molecule has 2 heterocycles. The number of thiazole rings is 1. The van der Waals surface area contributed by atoms with Gasteiger partial charge in [0.25, 0.3) is 4.84 Å². The molecular formula is C19H19N4O2S2+. The summed E-state index contributed by atoms with van der Waals surface area (Å²) in [6.45, 7) is 1.40. The van der Waals surface area contributed by atoms with Crippen LogP contribution in [0.1, 0.15) is 5.01 Å². The SMILES string of the molecule is COc1ccc(-c2nn(C[NH+](C)Cc3nc4ccccc4s3)c(=S)o2)cc1. The van der Waals surface area contributed by atoms with Crippen molar-refractivity contribution in [2.45, 2.75) is 13.2 Å². The van der Waals surface area contributed by atoms with Crippen molar-refractivity contribution < 1.29 is 14.1 Å². The van der Waals surface area contributed by atoms with E-state index in [0.717, 1.165) is 28.4 Å². The largest absolute Gasteiger partial charge is 0.497 e. The number of aromatic nitrogens is 3. The van der Waals surface area contributed by atoms with Crippen LogP contribution in [0.3, 0.4) is 0 Å². The van der Waals surface area contributed by atoms with Crippen molar-refractivity contribution >= 4 is 33.8 Å². The fraction of sp³-hybridized carbons (Fsp3) is 0.211. The Kier molecular flexibility index (Phi) is 5.02. The van der Waals surface area contributed by atoms with E-state index in [-0.39, 0.29) is 0 Å². The Hall–Kier alpha value is -2.55. The van der Waals surface area contributed by atoms with E-state index in [1.165, 1.54) is 9.60 Å². The molecule has 2 aromatic carbocycles. The molecule has 27 heavy (non-hydrogen) atoms. The third kappa shape index (κ3) is 3.92. The van der Waals surface area contributed by atoms with Crippen molar-refractivity contribution in [3.8, 4) is 17.2 Å². The standard InChI is InChI=1S/C19H18N4O2S2/c1-22(11-17-20-15-5-3-4-6-16(15)27-17)12-23-19(26)25-18(21-23)13-7-9-14(24-2)10-8-13/h3-10H,11-12H2,1-2H3/p+1. The van der Waals surface area contributed by atoms with Gasteiger partial charge >= 0.3 is 0 Å². The lowest BCUT2D eigenvalue weighted by atomic mass is 10.2. The van der Waals surface area contributed by atoms with Gasteiger partial charge in [-0.15, -0.1) is 16.4 Å². The molecule has 0 radical (unpaired) electrons. The lowest BCUT2D eigenvalue weighted by molar-refractivity contribution is -0.917. The molecule has 0 saturated carbocycles. The molecule has 0 bridgehead atoms. The van der Waals surface area contributed by atoms with Gasteiger partial charge in [-0.05, 0) is 48.6 Å². The highest BCUT2D eigenvalue weighted by Gasteiger charge is 2.14. The molecular weight excluding hydrogens is 380 g/mol. The zero-order valence-corrected chi connectivity index (χ0v) is 16.6. The first kappa shape index (κ1) is 17.8. The summed E-state index contributed by atoms with van der Waals surface area (Å²) in [7, 11) is 3.73. The van der Waals surface area contributed by atoms with Crippen molar-refractivity contribution in [3.63, 3.8) is 0 Å². The summed E-state index contributed by atoms with van der Waals surface area (Å²) < 4.78 is 13.8. The van der Waals surface area contributed by atoms with Crippen LogP contribution in [-0.4, -0.2) is 28.9 Å². The number of rotatable bonds is 6. The third-order valence-corrected chi connectivity index (χ3v) is 5.48. The third-order valence-electron chi connectivity index (χ3n) is 4.15. The predicted molar refractivity (Wildman–Crippen MR) is 108 cm³/mol. The van der Waals surface area contributed by atoms with E-state index in [1.807, 2.05) is 42.5 Å². The van der Waals surface area contributed by atoms with Crippen molar-refractivity contribution in [1.82, 2.24) is 14.8 Å². The number of quaternary nitrogens is 1. The minimum Gasteiger partial charge on any atom is -0.497 e. The van der Waals surface area contributed by atoms with Gasteiger partial charge in [-0.25, -0.2) is 4.98 Å². The molecule has 2 aromatic heterocycles. The maximum atomic E-state index is 5.67. The Bertz CT molecular complexity index is 1080. The minimum atomic E-state index is 0.365. The lowest BCUT2D eigenvalue weighted by Crippen LogP contribution is -3.07. The summed E-state index contributed by atoms with van der Waals surface area (Å²) in [5.74, 6) is 1.30. The van der Waals surface area contributed by atoms with Gasteiger partial charge in [-0.3, -0.25) is 0 Å². The van der Waals surface area contributed by atoms with Crippen LogP contribution < -0.4 is 9.64 Å². The normalized spacial score (nSPS) is 12.4. The van der Waals surface area contributed by atoms with E-state index in [4.69, 9.17) is 26.4 Å². The second-order valence-electron chi connectivity index (χ2n) is 6.27. The summed E-state index contributed by atoms with van der Waals surface area (Å²) in [6, 6.07) is 15.7. The van der Waals surface area contributed by atoms with Gasteiger partial charge in [0.05, 0.1) is 24.4 Å². The molecule has 0 aliphatic heterocycles. The molecule has 1 unspecified atom stereocenters. The van der Waals surface area contributed by atoms with Crippen molar-refractivity contribution in [2.24, 2.45) is 0 Å². The van der Waals surface area contributed by atoms with Gasteiger partial charge in [0.1, 0.15) is 17.3 Å². The van der Waals surface area contributed by atoms with E-state index >= 15 is 0 Å². The van der Waals surface area contributed by atoms with Gasteiger partial charge in [0, 0.05) is 5.56 Å². The van der Waals surface area contributed by atoms with E-state index in [2.05, 4.69) is 18.2 Å². The molecule has 8 heteroatoms. The predicted octanol–water partition coefficient (Wildman–Crippen LogP) is 3.16. The highest BCUT2D eigenvalue weighted by atomic mass is 32.1. The van der Waals surface area contributed by atoms with E-state index in [9.17, 15) is 0 Å². The van der Waals surface area contributed by atoms with Gasteiger partial charge in [-0.1, -0.05) is 12.1 Å². The molecule has 0 aliphatic carbocycles. The smallest absolute Gasteiger partial charge is 0.292 e. The Morgan fingerprint density at radius 2 is 1.96 bits per heavy atom. The van der Waals surface area contributed by atoms with Crippen LogP contribution in [0.5, 0.6) is 5.75 Å². The first-order chi connectivity index (χ1) is 13.1. The molecule has 0 spiro atoms. The Morgan fingerprint density at radius 3 is 2.70 bits per heavy atom. The van der Waals surface area contributed by atoms with Gasteiger partial charge in [0.2, 0.25) is 5.89 Å². The number of hydrogen-bond acceptors (Lipinski definition) is 6. The first-order valence-corrected chi connectivity index (χ1v) is 9.73. The number of nitrogens with zero attached hydrogens (tertiary/aromatic N) is 3. The van der Waals surface area contributed by atoms with Crippen molar-refractivity contribution in [2.75, 3.05) is 14.2 Å². The summed E-state index contributed by atoms with van der Waals surface area (Å²) in [6.07, 6.45) is 0.